The van der Waals surface area contributed by atoms with E-state index in [0.717, 1.165) is 20.1 Å². The fourth-order valence-corrected chi connectivity index (χ4v) is 4.48. The van der Waals surface area contributed by atoms with Crippen LogP contribution in [0.4, 0.5) is 0 Å². The van der Waals surface area contributed by atoms with Crippen LogP contribution in [0.15, 0.2) is 57.8 Å². The number of carbonyl (C=O) groups excluding carboxylic acids is 1. The van der Waals surface area contributed by atoms with E-state index < -0.39 is 0 Å². The first-order valence-corrected chi connectivity index (χ1v) is 10.0. The summed E-state index contributed by atoms with van der Waals surface area (Å²) in [6.07, 6.45) is 1.67. The Morgan fingerprint density at radius 3 is 2.93 bits per heavy atom. The van der Waals surface area contributed by atoms with E-state index in [-0.39, 0.29) is 23.9 Å². The van der Waals surface area contributed by atoms with Crippen LogP contribution in [-0.2, 0) is 16.1 Å². The van der Waals surface area contributed by atoms with Gasteiger partial charge < -0.3 is 4.74 Å². The number of benzene rings is 1. The molecule has 0 bridgehead atoms. The van der Waals surface area contributed by atoms with Gasteiger partial charge in [-0.2, -0.15) is 0 Å². The molecule has 0 N–H and O–H groups in total. The van der Waals surface area contributed by atoms with Crippen LogP contribution in [0, 0.1) is 6.92 Å². The molecule has 0 spiro atoms. The molecule has 0 amide bonds. The average molecular weight is 397 g/mol. The monoisotopic (exact) mass is 397 g/mol. The lowest BCUT2D eigenvalue weighted by atomic mass is 10.3. The van der Waals surface area contributed by atoms with Gasteiger partial charge in [0, 0.05) is 12.3 Å². The highest BCUT2D eigenvalue weighted by Crippen LogP contribution is 2.29. The number of aromatic nitrogens is 3. The third-order valence-corrected chi connectivity index (χ3v) is 6.06. The second kappa shape index (κ2) is 7.50. The van der Waals surface area contributed by atoms with Gasteiger partial charge in [-0.15, -0.1) is 11.3 Å². The molecule has 0 fully saturated rings. The van der Waals surface area contributed by atoms with Gasteiger partial charge >= 0.3 is 5.97 Å². The van der Waals surface area contributed by atoms with Crippen LogP contribution in [0.3, 0.4) is 0 Å². The van der Waals surface area contributed by atoms with Gasteiger partial charge in [0.1, 0.15) is 12.3 Å². The number of nitrogens with zero attached hydrogens (tertiary/aromatic N) is 3. The Hall–Kier alpha value is -2.71. The van der Waals surface area contributed by atoms with Crippen LogP contribution >= 0.6 is 23.1 Å². The molecule has 0 radical (unpaired) electrons. The largest absolute Gasteiger partial charge is 0.459 e. The van der Waals surface area contributed by atoms with E-state index in [1.807, 2.05) is 37.3 Å². The molecule has 3 heterocycles. The smallest absolute Gasteiger partial charge is 0.316 e. The van der Waals surface area contributed by atoms with E-state index in [1.165, 1.54) is 22.2 Å². The molecular formula is C19H15N3O3S2. The molecular weight excluding hydrogens is 382 g/mol. The fraction of sp³-hybridized carbons (Fsp3) is 0.158. The SMILES string of the molecule is Cc1cccn2c(=O)cc(COC(=O)CSc3nc4ccccc4s3)nc12. The first-order valence-electron chi connectivity index (χ1n) is 8.22. The molecule has 27 heavy (non-hydrogen) atoms. The van der Waals surface area contributed by atoms with Gasteiger partial charge in [-0.25, -0.2) is 9.97 Å². The predicted octanol–water partition coefficient (Wildman–Crippen LogP) is 3.45. The van der Waals surface area contributed by atoms with Crippen molar-refractivity contribution in [3.05, 3.63) is 70.3 Å². The van der Waals surface area contributed by atoms with Crippen LogP contribution < -0.4 is 5.56 Å². The Morgan fingerprint density at radius 2 is 2.07 bits per heavy atom. The summed E-state index contributed by atoms with van der Waals surface area (Å²) < 4.78 is 8.66. The molecule has 6 nitrogen and oxygen atoms in total. The van der Waals surface area contributed by atoms with E-state index >= 15 is 0 Å². The molecule has 0 atom stereocenters. The molecule has 0 saturated heterocycles. The van der Waals surface area contributed by atoms with E-state index in [9.17, 15) is 9.59 Å². The van der Waals surface area contributed by atoms with Gasteiger partial charge in [0.2, 0.25) is 0 Å². The molecule has 4 aromatic rings. The minimum Gasteiger partial charge on any atom is -0.459 e. The number of hydrogen-bond donors (Lipinski definition) is 0. The van der Waals surface area contributed by atoms with Gasteiger partial charge in [0.25, 0.3) is 5.56 Å². The summed E-state index contributed by atoms with van der Waals surface area (Å²) in [4.78, 5) is 33.1. The van der Waals surface area contributed by atoms with Crippen molar-refractivity contribution in [2.24, 2.45) is 0 Å². The topological polar surface area (TPSA) is 73.6 Å². The van der Waals surface area contributed by atoms with Crippen molar-refractivity contribution in [2.45, 2.75) is 17.9 Å². The van der Waals surface area contributed by atoms with Crippen molar-refractivity contribution in [2.75, 3.05) is 5.75 Å². The molecule has 1 aromatic carbocycles. The quantitative estimate of drug-likeness (QED) is 0.379. The molecule has 0 aliphatic carbocycles. The van der Waals surface area contributed by atoms with Crippen molar-refractivity contribution in [1.29, 1.82) is 0 Å². The molecule has 4 rings (SSSR count). The Labute approximate surface area is 162 Å². The van der Waals surface area contributed by atoms with Crippen LogP contribution in [0.5, 0.6) is 0 Å². The maximum atomic E-state index is 12.2. The van der Waals surface area contributed by atoms with E-state index in [4.69, 9.17) is 4.74 Å². The van der Waals surface area contributed by atoms with Gasteiger partial charge in [-0.3, -0.25) is 14.0 Å². The summed E-state index contributed by atoms with van der Waals surface area (Å²) in [6, 6.07) is 12.9. The lowest BCUT2D eigenvalue weighted by molar-refractivity contribution is -0.141. The fourth-order valence-electron chi connectivity index (χ4n) is 2.61. The van der Waals surface area contributed by atoms with Crippen molar-refractivity contribution < 1.29 is 9.53 Å². The zero-order valence-electron chi connectivity index (χ0n) is 14.4. The number of rotatable bonds is 5. The minimum atomic E-state index is -0.369. The number of aryl methyl sites for hydroxylation is 1. The average Bonchev–Trinajstić information content (AvgIpc) is 3.08. The van der Waals surface area contributed by atoms with Crippen molar-refractivity contribution in [3.8, 4) is 0 Å². The highest BCUT2D eigenvalue weighted by atomic mass is 32.2. The first-order chi connectivity index (χ1) is 13.1. The normalized spacial score (nSPS) is 11.1. The van der Waals surface area contributed by atoms with E-state index in [2.05, 4.69) is 9.97 Å². The zero-order chi connectivity index (χ0) is 18.8. The predicted molar refractivity (Wildman–Crippen MR) is 106 cm³/mol. The van der Waals surface area contributed by atoms with Gasteiger partial charge in [-0.1, -0.05) is 30.0 Å². The summed E-state index contributed by atoms with van der Waals surface area (Å²) in [5.74, 6) is -0.211. The molecule has 8 heteroatoms. The van der Waals surface area contributed by atoms with E-state index in [1.54, 1.807) is 23.6 Å². The van der Waals surface area contributed by atoms with Gasteiger partial charge in [0.15, 0.2) is 4.34 Å². The Balaban J connectivity index is 1.39. The summed E-state index contributed by atoms with van der Waals surface area (Å²) in [5, 5.41) is 0. The lowest BCUT2D eigenvalue weighted by Gasteiger charge is -2.07. The van der Waals surface area contributed by atoms with Crippen molar-refractivity contribution in [3.63, 3.8) is 0 Å². The molecule has 0 saturated carbocycles. The van der Waals surface area contributed by atoms with Crippen LogP contribution in [0.1, 0.15) is 11.3 Å². The highest BCUT2D eigenvalue weighted by Gasteiger charge is 2.10. The highest BCUT2D eigenvalue weighted by molar-refractivity contribution is 8.01. The number of thioether (sulfide) groups is 1. The summed E-state index contributed by atoms with van der Waals surface area (Å²) in [5.41, 5.74) is 2.62. The Morgan fingerprint density at radius 1 is 1.22 bits per heavy atom. The number of para-hydroxylation sites is 1. The summed E-state index contributed by atoms with van der Waals surface area (Å²) in [6.45, 7) is 1.85. The molecule has 136 valence electrons. The third kappa shape index (κ3) is 3.86. The number of ether oxygens (including phenoxy) is 1. The van der Waals surface area contributed by atoms with Crippen molar-refractivity contribution in [1.82, 2.24) is 14.4 Å². The first kappa shape index (κ1) is 17.7. The van der Waals surface area contributed by atoms with Gasteiger partial charge in [0.05, 0.1) is 21.7 Å². The van der Waals surface area contributed by atoms with Crippen LogP contribution in [0.2, 0.25) is 0 Å². The Bertz CT molecular complexity index is 1170. The van der Waals surface area contributed by atoms with E-state index in [0.29, 0.717) is 11.3 Å². The summed E-state index contributed by atoms with van der Waals surface area (Å²) in [7, 11) is 0. The number of pyridine rings is 1. The second-order valence-corrected chi connectivity index (χ2v) is 8.12. The summed E-state index contributed by atoms with van der Waals surface area (Å²) >= 11 is 2.89. The standard InChI is InChI=1S/C19H15N3O3S2/c1-12-5-4-8-22-16(23)9-13(20-18(12)22)10-25-17(24)11-26-19-21-14-6-2-3-7-15(14)27-19/h2-9H,10-11H2,1H3. The number of carbonyl (C=O) groups is 1. The van der Waals surface area contributed by atoms with Crippen molar-refractivity contribution >= 4 is 44.9 Å². The molecule has 0 aliphatic heterocycles. The number of fused-ring (bicyclic) bond motifs is 2. The molecule has 3 aromatic heterocycles. The molecule has 0 unspecified atom stereocenters. The maximum absolute atomic E-state index is 12.2. The number of hydrogen-bond acceptors (Lipinski definition) is 7. The number of esters is 1. The molecule has 0 aliphatic rings. The van der Waals surface area contributed by atoms with Crippen LogP contribution in [0.25, 0.3) is 15.9 Å². The second-order valence-electron chi connectivity index (χ2n) is 5.87. The zero-order valence-corrected chi connectivity index (χ0v) is 16.0. The number of thiazole rings is 1. The lowest BCUT2D eigenvalue weighted by Crippen LogP contribution is -2.17. The minimum absolute atomic E-state index is 0.0285. The maximum Gasteiger partial charge on any atom is 0.316 e. The van der Waals surface area contributed by atoms with Crippen LogP contribution in [-0.4, -0.2) is 26.1 Å². The Kier molecular flexibility index (Phi) is 4.91. The third-order valence-electron chi connectivity index (χ3n) is 3.91. The van der Waals surface area contributed by atoms with Gasteiger partial charge in [-0.05, 0) is 30.7 Å².